The molecule has 2 rings (SSSR count). The van der Waals surface area contributed by atoms with Crippen LogP contribution in [0.15, 0.2) is 11.6 Å². The highest BCUT2D eigenvalue weighted by atomic mass is 16.2. The summed E-state index contributed by atoms with van der Waals surface area (Å²) in [5.41, 5.74) is 6.45. The zero-order chi connectivity index (χ0) is 6.97. The lowest BCUT2D eigenvalue weighted by molar-refractivity contribution is -0.120. The maximum Gasteiger partial charge on any atom is 0.261 e. The molecule has 0 saturated carbocycles. The van der Waals surface area contributed by atoms with Gasteiger partial charge in [0, 0.05) is 18.0 Å². The van der Waals surface area contributed by atoms with Crippen molar-refractivity contribution >= 4 is 5.91 Å². The van der Waals surface area contributed by atoms with Gasteiger partial charge in [0.05, 0.1) is 0 Å². The normalized spacial score (nSPS) is 31.0. The second-order valence-corrected chi connectivity index (χ2v) is 2.77. The van der Waals surface area contributed by atoms with Crippen molar-refractivity contribution in [3.05, 3.63) is 11.6 Å². The third kappa shape index (κ3) is 0.743. The van der Waals surface area contributed by atoms with Crippen molar-refractivity contribution in [3.63, 3.8) is 0 Å². The third-order valence-corrected chi connectivity index (χ3v) is 2.13. The standard InChI is InChI=1S/C7H10N2O/c10-7-6-3-1-2-5(6)4-8-9-7/h3,5,8H,1-2,4H2,(H,9,10). The van der Waals surface area contributed by atoms with Gasteiger partial charge in [-0.1, -0.05) is 6.08 Å². The summed E-state index contributed by atoms with van der Waals surface area (Å²) in [7, 11) is 0. The van der Waals surface area contributed by atoms with Crippen LogP contribution >= 0.6 is 0 Å². The molecule has 2 N–H and O–H groups in total. The molecule has 0 aromatic rings. The number of hydrogen-bond donors (Lipinski definition) is 2. The van der Waals surface area contributed by atoms with E-state index in [0.717, 1.165) is 25.0 Å². The zero-order valence-electron chi connectivity index (χ0n) is 5.68. The van der Waals surface area contributed by atoms with E-state index in [2.05, 4.69) is 10.9 Å². The molecule has 1 amide bonds. The summed E-state index contributed by atoms with van der Waals surface area (Å²) in [6.45, 7) is 0.900. The average molecular weight is 138 g/mol. The molecule has 0 radical (unpaired) electrons. The number of hydrazine groups is 1. The summed E-state index contributed by atoms with van der Waals surface area (Å²) in [5.74, 6) is 0.544. The van der Waals surface area contributed by atoms with Gasteiger partial charge in [0.1, 0.15) is 0 Å². The first-order valence-electron chi connectivity index (χ1n) is 3.61. The number of allylic oxidation sites excluding steroid dienone is 1. The zero-order valence-corrected chi connectivity index (χ0v) is 5.68. The molecule has 54 valence electrons. The van der Waals surface area contributed by atoms with Gasteiger partial charge < -0.3 is 0 Å². The quantitative estimate of drug-likeness (QED) is 0.493. The molecule has 1 unspecified atom stereocenters. The van der Waals surface area contributed by atoms with Crippen LogP contribution in [0.25, 0.3) is 0 Å². The Morgan fingerprint density at radius 2 is 2.50 bits per heavy atom. The molecular weight excluding hydrogens is 128 g/mol. The molecule has 0 spiro atoms. The Morgan fingerprint density at radius 1 is 1.60 bits per heavy atom. The fourth-order valence-corrected chi connectivity index (χ4v) is 1.58. The topological polar surface area (TPSA) is 41.1 Å². The van der Waals surface area contributed by atoms with Gasteiger partial charge in [-0.05, 0) is 12.8 Å². The summed E-state index contributed by atoms with van der Waals surface area (Å²) < 4.78 is 0. The van der Waals surface area contributed by atoms with Crippen LogP contribution in [0.2, 0.25) is 0 Å². The van der Waals surface area contributed by atoms with Crippen LogP contribution in [0.3, 0.4) is 0 Å². The van der Waals surface area contributed by atoms with Crippen molar-refractivity contribution < 1.29 is 4.79 Å². The van der Waals surface area contributed by atoms with Gasteiger partial charge in [-0.2, -0.15) is 0 Å². The van der Waals surface area contributed by atoms with E-state index in [1.807, 2.05) is 6.08 Å². The van der Waals surface area contributed by atoms with Crippen molar-refractivity contribution in [2.45, 2.75) is 12.8 Å². The Hall–Kier alpha value is -0.830. The second-order valence-electron chi connectivity index (χ2n) is 2.77. The Balaban J connectivity index is 2.22. The van der Waals surface area contributed by atoms with Crippen LogP contribution in [0.4, 0.5) is 0 Å². The SMILES string of the molecule is O=C1NNCC2CCC=C12. The van der Waals surface area contributed by atoms with Crippen LogP contribution in [0.5, 0.6) is 0 Å². The van der Waals surface area contributed by atoms with E-state index in [1.54, 1.807) is 0 Å². The van der Waals surface area contributed by atoms with E-state index >= 15 is 0 Å². The first-order chi connectivity index (χ1) is 4.88. The van der Waals surface area contributed by atoms with Crippen LogP contribution in [0, 0.1) is 5.92 Å². The summed E-state index contributed by atoms with van der Waals surface area (Å²) in [6.07, 6.45) is 4.24. The molecule has 0 aromatic heterocycles. The Morgan fingerprint density at radius 3 is 3.30 bits per heavy atom. The molecule has 1 aliphatic carbocycles. The molecule has 2 aliphatic rings. The van der Waals surface area contributed by atoms with Gasteiger partial charge in [-0.15, -0.1) is 0 Å². The minimum atomic E-state index is 0.0637. The number of rotatable bonds is 0. The van der Waals surface area contributed by atoms with Gasteiger partial charge >= 0.3 is 0 Å². The fraction of sp³-hybridized carbons (Fsp3) is 0.571. The first-order valence-corrected chi connectivity index (χ1v) is 3.61. The molecule has 3 nitrogen and oxygen atoms in total. The maximum absolute atomic E-state index is 11.0. The molecule has 1 fully saturated rings. The molecule has 0 aromatic carbocycles. The molecule has 1 aliphatic heterocycles. The first kappa shape index (κ1) is 5.92. The van der Waals surface area contributed by atoms with Crippen molar-refractivity contribution in [3.8, 4) is 0 Å². The number of carbonyl (C=O) groups excluding carboxylic acids is 1. The van der Waals surface area contributed by atoms with Gasteiger partial charge in [0.25, 0.3) is 5.91 Å². The van der Waals surface area contributed by atoms with Crippen LogP contribution in [0.1, 0.15) is 12.8 Å². The Labute approximate surface area is 59.5 Å². The fourth-order valence-electron chi connectivity index (χ4n) is 1.58. The van der Waals surface area contributed by atoms with E-state index in [9.17, 15) is 4.79 Å². The largest absolute Gasteiger partial charge is 0.288 e. The van der Waals surface area contributed by atoms with Crippen molar-refractivity contribution in [1.29, 1.82) is 0 Å². The minimum Gasteiger partial charge on any atom is -0.288 e. The van der Waals surface area contributed by atoms with Crippen LogP contribution < -0.4 is 10.9 Å². The number of carbonyl (C=O) groups is 1. The van der Waals surface area contributed by atoms with Crippen LogP contribution in [-0.4, -0.2) is 12.5 Å². The molecule has 1 saturated heterocycles. The molecule has 1 heterocycles. The van der Waals surface area contributed by atoms with Gasteiger partial charge in [-0.25, -0.2) is 5.43 Å². The molecule has 0 bridgehead atoms. The van der Waals surface area contributed by atoms with Crippen molar-refractivity contribution in [2.75, 3.05) is 6.54 Å². The molecule has 1 atom stereocenters. The number of nitrogens with one attached hydrogen (secondary N) is 2. The predicted octanol–water partition coefficient (Wildman–Crippen LogP) is -0.0428. The van der Waals surface area contributed by atoms with Gasteiger partial charge in [-0.3, -0.25) is 10.2 Å². The number of hydrogen-bond acceptors (Lipinski definition) is 2. The number of amides is 1. The summed E-state index contributed by atoms with van der Waals surface area (Å²) in [4.78, 5) is 11.0. The summed E-state index contributed by atoms with van der Waals surface area (Å²) in [5, 5.41) is 0. The minimum absolute atomic E-state index is 0.0637. The highest BCUT2D eigenvalue weighted by Crippen LogP contribution is 2.26. The summed E-state index contributed by atoms with van der Waals surface area (Å²) in [6, 6.07) is 0. The second kappa shape index (κ2) is 2.09. The molecule has 10 heavy (non-hydrogen) atoms. The highest BCUT2D eigenvalue weighted by molar-refractivity contribution is 5.94. The average Bonchev–Trinajstić information content (AvgIpc) is 2.36. The molecular formula is C7H10N2O. The Kier molecular flexibility index (Phi) is 1.24. The van der Waals surface area contributed by atoms with E-state index in [1.165, 1.54) is 0 Å². The van der Waals surface area contributed by atoms with E-state index in [4.69, 9.17) is 0 Å². The highest BCUT2D eigenvalue weighted by Gasteiger charge is 2.27. The predicted molar refractivity (Wildman–Crippen MR) is 37.0 cm³/mol. The maximum atomic E-state index is 11.0. The summed E-state index contributed by atoms with van der Waals surface area (Å²) >= 11 is 0. The van der Waals surface area contributed by atoms with Crippen LogP contribution in [-0.2, 0) is 4.79 Å². The van der Waals surface area contributed by atoms with E-state index in [0.29, 0.717) is 5.92 Å². The monoisotopic (exact) mass is 138 g/mol. The van der Waals surface area contributed by atoms with Gasteiger partial charge in [0.2, 0.25) is 0 Å². The lowest BCUT2D eigenvalue weighted by Gasteiger charge is -2.21. The van der Waals surface area contributed by atoms with Crippen molar-refractivity contribution in [2.24, 2.45) is 5.92 Å². The smallest absolute Gasteiger partial charge is 0.261 e. The number of fused-ring (bicyclic) bond motifs is 1. The van der Waals surface area contributed by atoms with Gasteiger partial charge in [0.15, 0.2) is 0 Å². The lowest BCUT2D eigenvalue weighted by Crippen LogP contribution is -2.47. The molecule has 3 heteroatoms. The van der Waals surface area contributed by atoms with Crippen molar-refractivity contribution in [1.82, 2.24) is 10.9 Å². The third-order valence-electron chi connectivity index (χ3n) is 2.13. The Bertz CT molecular complexity index is 198. The van der Waals surface area contributed by atoms with E-state index < -0.39 is 0 Å². The lowest BCUT2D eigenvalue weighted by atomic mass is 10.0. The van der Waals surface area contributed by atoms with E-state index in [-0.39, 0.29) is 5.91 Å².